The zero-order valence-corrected chi connectivity index (χ0v) is 71.4. The number of rotatable bonds is 6. The topological polar surface area (TPSA) is 219 Å². The maximum Gasteiger partial charge on any atom is 0.448 e. The van der Waals surface area contributed by atoms with Gasteiger partial charge in [0.15, 0.2) is 12.1 Å². The summed E-state index contributed by atoms with van der Waals surface area (Å²) >= 11 is 40.2. The minimum absolute atomic E-state index is 0.432. The van der Waals surface area contributed by atoms with Gasteiger partial charge in [0.25, 0.3) is 0 Å². The third kappa shape index (κ3) is 48.0. The molecule has 0 amide bonds. The second-order valence-electron chi connectivity index (χ2n) is 16.8. The molecule has 7 aromatic rings. The van der Waals surface area contributed by atoms with Gasteiger partial charge in [0, 0.05) is 181 Å². The molecule has 0 unspecified atom stereocenters. The summed E-state index contributed by atoms with van der Waals surface area (Å²) < 4.78 is 22.8. The molecule has 0 radical (unpaired) electrons. The van der Waals surface area contributed by atoms with Crippen LogP contribution in [0.15, 0.2) is 143 Å². The Morgan fingerprint density at radius 3 is 1.31 bits per heavy atom. The molecular formula is C53H73BBr12IN17O3. The number of carbonyl (C=O) groups is 1. The van der Waals surface area contributed by atoms with E-state index in [2.05, 4.69) is 285 Å². The van der Waals surface area contributed by atoms with E-state index in [0.717, 1.165) is 92.6 Å². The van der Waals surface area contributed by atoms with Crippen molar-refractivity contribution in [2.24, 2.45) is 64.3 Å². The summed E-state index contributed by atoms with van der Waals surface area (Å²) in [6, 6.07) is 0. The van der Waals surface area contributed by atoms with Gasteiger partial charge in [-0.3, -0.25) is 14.8 Å². The lowest BCUT2D eigenvalue weighted by Crippen LogP contribution is -2.00. The van der Waals surface area contributed by atoms with E-state index in [4.69, 9.17) is 10.0 Å². The van der Waals surface area contributed by atoms with Crippen molar-refractivity contribution in [2.75, 3.05) is 4.93 Å². The largest absolute Gasteiger partial charge is 0.448 e. The molecule has 87 heavy (non-hydrogen) atoms. The maximum absolute atomic E-state index is 10.1. The van der Waals surface area contributed by atoms with E-state index in [9.17, 15) is 4.79 Å². The normalized spacial score (nSPS) is 11.4. The molecule has 0 aliphatic carbocycles. The molecule has 10 rings (SSSR count). The molecule has 3 aliphatic rings. The van der Waals surface area contributed by atoms with Gasteiger partial charge >= 0.3 is 7.12 Å². The van der Waals surface area contributed by atoms with Crippen molar-refractivity contribution in [3.8, 4) is 0 Å². The van der Waals surface area contributed by atoms with Crippen LogP contribution < -0.4 is 0 Å². The first-order valence-corrected chi connectivity index (χ1v) is 39.2. The Hall–Kier alpha value is -1.42. The monoisotopic (exact) mass is 2080 g/mol. The number of aldehydes is 1. The van der Waals surface area contributed by atoms with E-state index in [1.807, 2.05) is 139 Å². The number of aryl methyl sites for hydroxylation is 10. The molecule has 34 heteroatoms. The SMILES string of the molecule is BrBr.BrC1=CN=CC1.BrC1=NC(Br)=C(Br)C1.C1=CN=CC1.CB(O)O.CC=Cc1nc(Br)cn1C.CCCc1nc(Br)cn1C.CCCc1nc(C)cn1C.CI.Cn1cc(Br)nc1C=O.Cn1cnc(Br)c1.Cn1cnc(Br)c1.Cn1cncc1Br. The molecule has 10 heterocycles. The average Bonchev–Trinajstić information content (AvgIpc) is 4.48. The molecule has 0 saturated heterocycles. The van der Waals surface area contributed by atoms with Crippen molar-refractivity contribution >= 4 is 247 Å². The van der Waals surface area contributed by atoms with Crippen LogP contribution in [0.2, 0.25) is 6.82 Å². The predicted molar refractivity (Wildman–Crippen MR) is 414 cm³/mol. The lowest BCUT2D eigenvalue weighted by Gasteiger charge is -1.95. The van der Waals surface area contributed by atoms with Crippen LogP contribution >= 0.6 is 210 Å². The smallest absolute Gasteiger partial charge is 0.427 e. The molecule has 0 saturated carbocycles. The maximum atomic E-state index is 10.1. The van der Waals surface area contributed by atoms with Gasteiger partial charge in [0.2, 0.25) is 0 Å². The summed E-state index contributed by atoms with van der Waals surface area (Å²) in [6.45, 7) is 9.61. The van der Waals surface area contributed by atoms with Crippen molar-refractivity contribution in [1.29, 1.82) is 0 Å². The summed E-state index contributed by atoms with van der Waals surface area (Å²) in [5, 5.41) is 15.2. The number of aliphatic imine (C=N–C) groups is 3. The summed E-state index contributed by atoms with van der Waals surface area (Å²) in [6.07, 6.45) is 39.8. The molecule has 0 atom stereocenters. The number of imidazole rings is 7. The summed E-state index contributed by atoms with van der Waals surface area (Å²) in [5.41, 5.74) is 1.12. The van der Waals surface area contributed by atoms with Crippen molar-refractivity contribution in [2.45, 2.75) is 79.5 Å². The zero-order chi connectivity index (χ0) is 67.0. The number of hydrogen-bond donors (Lipinski definition) is 2. The van der Waals surface area contributed by atoms with Crippen LogP contribution in [-0.4, -0.2) is 112 Å². The zero-order valence-electron chi connectivity index (χ0n) is 50.2. The number of alkyl halides is 1. The van der Waals surface area contributed by atoms with Gasteiger partial charge in [-0.1, -0.05) is 80.5 Å². The van der Waals surface area contributed by atoms with Crippen molar-refractivity contribution in [3.63, 3.8) is 0 Å². The van der Waals surface area contributed by atoms with Crippen LogP contribution in [0.4, 0.5) is 0 Å². The van der Waals surface area contributed by atoms with Gasteiger partial charge in [-0.25, -0.2) is 39.9 Å². The quantitative estimate of drug-likeness (QED) is 0.0527. The summed E-state index contributed by atoms with van der Waals surface area (Å²) in [7, 11) is 12.4. The predicted octanol–water partition coefficient (Wildman–Crippen LogP) is 18.2. The van der Waals surface area contributed by atoms with Crippen LogP contribution in [0, 0.1) is 6.92 Å². The summed E-state index contributed by atoms with van der Waals surface area (Å²) in [4.78, 5) is 52.1. The van der Waals surface area contributed by atoms with E-state index < -0.39 is 7.12 Å². The van der Waals surface area contributed by atoms with Gasteiger partial charge in [0.1, 0.15) is 49.7 Å². The standard InChI is InChI=1S/C8H14N2.C7H11BrN2.C7H9BrN2.C5H5BrN2O.C4H2Br3N.3C4H5BrN2.C4H4BrN.C4H5N.CH5BO2.CH3I.Br2/c1-4-5-8-9-7(2)6-10(8)3;2*1-3-4-7-9-6(8)5-10(7)2;1-8-2-4(6)7-5(8)3-9;5-2-1-3(6)8-4(2)7;2*1-7-2-4(5)6-3-7;1-7-3-6-2-4(7)5;5-4-1-2-6-3-4;1-2-4-5-3-1;1-2(3)4;2*1-2/h6H,4-5H2,1-3H3;5H,3-4H2,1-2H3;3-5H,1-2H3;2-3H,1H3;1H2;3*2-3H,1H3;2-3H,1H2;1,3-4H,2H2;3-4H,1H3;1H3;. The number of aromatic nitrogens is 14. The Morgan fingerprint density at radius 2 is 1.11 bits per heavy atom. The van der Waals surface area contributed by atoms with Crippen molar-refractivity contribution in [3.05, 3.63) is 157 Å². The minimum Gasteiger partial charge on any atom is -0.427 e. The molecule has 20 nitrogen and oxygen atoms in total. The number of carbonyl (C=O) groups excluding carboxylic acids is 1. The fourth-order valence-electron chi connectivity index (χ4n) is 5.48. The average molecular weight is 2090 g/mol. The first-order valence-electron chi connectivity index (χ1n) is 25.3. The Kier molecular flexibility index (Phi) is 57.9. The van der Waals surface area contributed by atoms with E-state index in [0.29, 0.717) is 16.7 Å². The molecule has 7 aromatic heterocycles. The highest BCUT2D eigenvalue weighted by atomic mass is 127. The number of allylic oxidation sites excluding steroid dienone is 4. The van der Waals surface area contributed by atoms with Gasteiger partial charge in [-0.15, -0.1) is 0 Å². The van der Waals surface area contributed by atoms with Crippen LogP contribution in [-0.2, 0) is 62.2 Å². The Labute approximate surface area is 626 Å². The number of hydrogen-bond acceptors (Lipinski definition) is 13. The van der Waals surface area contributed by atoms with E-state index in [-0.39, 0.29) is 0 Å². The molecular weight excluding hydrogens is 2020 g/mol. The third-order valence-corrected chi connectivity index (χ3v) is 14.7. The lowest BCUT2D eigenvalue weighted by molar-refractivity contribution is 0.111. The van der Waals surface area contributed by atoms with Crippen LogP contribution in [0.3, 0.4) is 0 Å². The van der Waals surface area contributed by atoms with Gasteiger partial charge in [-0.05, 0) is 172 Å². The molecule has 482 valence electrons. The minimum atomic E-state index is -1.17. The molecule has 0 aromatic carbocycles. The number of nitrogens with zero attached hydrogens (tertiary/aromatic N) is 17. The molecule has 0 spiro atoms. The second kappa shape index (κ2) is 56.2. The van der Waals surface area contributed by atoms with E-state index >= 15 is 0 Å². The van der Waals surface area contributed by atoms with Crippen LogP contribution in [0.25, 0.3) is 6.08 Å². The Bertz CT molecular complexity index is 3010. The van der Waals surface area contributed by atoms with Gasteiger partial charge < -0.3 is 42.0 Å². The van der Waals surface area contributed by atoms with Crippen LogP contribution in [0.1, 0.15) is 86.7 Å². The highest BCUT2D eigenvalue weighted by molar-refractivity contribution is 14.1. The number of halogens is 13. The Morgan fingerprint density at radius 1 is 0.632 bits per heavy atom. The third-order valence-electron chi connectivity index (χ3n) is 9.16. The summed E-state index contributed by atoms with van der Waals surface area (Å²) in [5.74, 6) is 3.74. The molecule has 3 aliphatic heterocycles. The fourth-order valence-corrected chi connectivity index (χ4v) is 10.1. The second-order valence-corrected chi connectivity index (χ2v) is 25.3. The lowest BCUT2D eigenvalue weighted by atomic mass is 9.99. The highest BCUT2D eigenvalue weighted by Gasteiger charge is 2.10. The molecule has 0 fully saturated rings. The van der Waals surface area contributed by atoms with Crippen molar-refractivity contribution < 1.29 is 14.8 Å². The van der Waals surface area contributed by atoms with E-state index in [1.165, 1.54) is 23.6 Å². The molecule has 2 N–H and O–H groups in total. The van der Waals surface area contributed by atoms with Gasteiger partial charge in [0.05, 0.1) is 35.5 Å². The first kappa shape index (κ1) is 89.8. The Balaban J connectivity index is -0.000000893. The molecule has 0 bridgehead atoms. The first-order chi connectivity index (χ1) is 41.1. The van der Waals surface area contributed by atoms with Crippen LogP contribution in [0.5, 0.6) is 0 Å². The van der Waals surface area contributed by atoms with E-state index in [1.54, 1.807) is 55.4 Å². The van der Waals surface area contributed by atoms with Crippen molar-refractivity contribution in [1.82, 2.24) is 66.9 Å². The highest BCUT2D eigenvalue weighted by Crippen LogP contribution is 2.30. The van der Waals surface area contributed by atoms with Gasteiger partial charge in [-0.2, -0.15) is 0 Å². The fraction of sp³-hybridized carbons (Fsp3) is 0.377.